The predicted octanol–water partition coefficient (Wildman–Crippen LogP) is 1.38. The van der Waals surface area contributed by atoms with Crippen LogP contribution in [0.25, 0.3) is 0 Å². The van der Waals surface area contributed by atoms with E-state index in [1.807, 2.05) is 25.5 Å². The lowest BCUT2D eigenvalue weighted by molar-refractivity contribution is 0.145. The van der Waals surface area contributed by atoms with Crippen LogP contribution in [-0.2, 0) is 18.3 Å². The highest BCUT2D eigenvalue weighted by molar-refractivity contribution is 5.80. The predicted molar refractivity (Wildman–Crippen MR) is 88.9 cm³/mol. The molecule has 2 N–H and O–H groups in total. The van der Waals surface area contributed by atoms with Crippen molar-refractivity contribution in [3.63, 3.8) is 0 Å². The number of aryl methyl sites for hydroxylation is 1. The normalized spacial score (nSPS) is 12.5. The Labute approximate surface area is 133 Å². The van der Waals surface area contributed by atoms with E-state index in [0.717, 1.165) is 43.8 Å². The second kappa shape index (κ2) is 8.73. The van der Waals surface area contributed by atoms with Gasteiger partial charge in [0.2, 0.25) is 0 Å². The summed E-state index contributed by atoms with van der Waals surface area (Å²) in [4.78, 5) is 4.60. The number of guanidine groups is 1. The zero-order valence-electron chi connectivity index (χ0n) is 14.7. The Balaban J connectivity index is 2.60. The first-order valence-electron chi connectivity index (χ1n) is 7.82. The van der Waals surface area contributed by atoms with Crippen molar-refractivity contribution < 1.29 is 4.74 Å². The van der Waals surface area contributed by atoms with Gasteiger partial charge < -0.3 is 19.9 Å². The molecular weight excluding hydrogens is 280 g/mol. The number of aromatic nitrogens is 3. The fourth-order valence-corrected chi connectivity index (χ4v) is 1.76. The molecule has 1 aromatic rings. The quantitative estimate of drug-likeness (QED) is 0.452. The molecule has 0 aromatic carbocycles. The van der Waals surface area contributed by atoms with E-state index in [1.54, 1.807) is 0 Å². The van der Waals surface area contributed by atoms with Gasteiger partial charge in [0, 0.05) is 32.3 Å². The van der Waals surface area contributed by atoms with E-state index in [9.17, 15) is 0 Å². The maximum absolute atomic E-state index is 5.34. The van der Waals surface area contributed by atoms with Gasteiger partial charge >= 0.3 is 0 Å². The zero-order chi connectivity index (χ0) is 16.6. The summed E-state index contributed by atoms with van der Waals surface area (Å²) in [6, 6.07) is 0. The van der Waals surface area contributed by atoms with Crippen LogP contribution in [-0.4, -0.2) is 46.0 Å². The summed E-state index contributed by atoms with van der Waals surface area (Å²) in [5.74, 6) is 2.52. The van der Waals surface area contributed by atoms with Gasteiger partial charge in [0.25, 0.3) is 0 Å². The summed E-state index contributed by atoms with van der Waals surface area (Å²) in [6.45, 7) is 13.1. The average Bonchev–Trinajstić information content (AvgIpc) is 2.74. The SMILES string of the molecule is CCOCCCNC(=NCc1nnc(C)n1C)NC(C)(C)C. The average molecular weight is 310 g/mol. The first kappa shape index (κ1) is 18.4. The van der Waals surface area contributed by atoms with Gasteiger partial charge in [0.15, 0.2) is 11.8 Å². The van der Waals surface area contributed by atoms with E-state index < -0.39 is 0 Å². The summed E-state index contributed by atoms with van der Waals surface area (Å²) in [7, 11) is 1.95. The lowest BCUT2D eigenvalue weighted by Crippen LogP contribution is -2.48. The Morgan fingerprint density at radius 1 is 1.32 bits per heavy atom. The number of hydrogen-bond acceptors (Lipinski definition) is 4. The van der Waals surface area contributed by atoms with E-state index in [1.165, 1.54) is 0 Å². The Kier molecular flexibility index (Phi) is 7.31. The van der Waals surface area contributed by atoms with Crippen molar-refractivity contribution in [1.29, 1.82) is 0 Å². The molecule has 1 rings (SSSR count). The van der Waals surface area contributed by atoms with Gasteiger partial charge in [-0.1, -0.05) is 0 Å². The Morgan fingerprint density at radius 2 is 2.05 bits per heavy atom. The molecule has 7 nitrogen and oxygen atoms in total. The third kappa shape index (κ3) is 6.89. The number of rotatable bonds is 7. The van der Waals surface area contributed by atoms with Crippen molar-refractivity contribution in [2.75, 3.05) is 19.8 Å². The van der Waals surface area contributed by atoms with Crippen molar-refractivity contribution in [1.82, 2.24) is 25.4 Å². The number of nitrogens with one attached hydrogen (secondary N) is 2. The molecule has 0 saturated carbocycles. The summed E-state index contributed by atoms with van der Waals surface area (Å²) in [6.07, 6.45) is 0.946. The van der Waals surface area contributed by atoms with E-state index in [-0.39, 0.29) is 5.54 Å². The van der Waals surface area contributed by atoms with Gasteiger partial charge in [0.05, 0.1) is 0 Å². The van der Waals surface area contributed by atoms with Crippen molar-refractivity contribution >= 4 is 5.96 Å². The molecule has 1 heterocycles. The van der Waals surface area contributed by atoms with Crippen LogP contribution in [0.1, 0.15) is 45.8 Å². The van der Waals surface area contributed by atoms with Crippen molar-refractivity contribution in [2.24, 2.45) is 12.0 Å². The van der Waals surface area contributed by atoms with E-state index in [4.69, 9.17) is 4.74 Å². The van der Waals surface area contributed by atoms with Gasteiger partial charge in [-0.3, -0.25) is 0 Å². The maximum atomic E-state index is 5.34. The fraction of sp³-hybridized carbons (Fsp3) is 0.800. The van der Waals surface area contributed by atoms with Crippen LogP contribution in [0.5, 0.6) is 0 Å². The smallest absolute Gasteiger partial charge is 0.192 e. The number of hydrogen-bond donors (Lipinski definition) is 2. The number of nitrogens with zero attached hydrogens (tertiary/aromatic N) is 4. The second-order valence-electron chi connectivity index (χ2n) is 6.24. The molecule has 0 radical (unpaired) electrons. The standard InChI is InChI=1S/C15H30N6O/c1-7-22-10-8-9-16-14(18-15(3,4)5)17-11-13-20-19-12(2)21(13)6/h7-11H2,1-6H3,(H2,16,17,18). The molecule has 0 saturated heterocycles. The van der Waals surface area contributed by atoms with Crippen LogP contribution >= 0.6 is 0 Å². The first-order valence-corrected chi connectivity index (χ1v) is 7.82. The van der Waals surface area contributed by atoms with Gasteiger partial charge in [0.1, 0.15) is 12.4 Å². The monoisotopic (exact) mass is 310 g/mol. The maximum Gasteiger partial charge on any atom is 0.192 e. The number of ether oxygens (including phenoxy) is 1. The Bertz CT molecular complexity index is 475. The highest BCUT2D eigenvalue weighted by Gasteiger charge is 2.12. The fourth-order valence-electron chi connectivity index (χ4n) is 1.76. The van der Waals surface area contributed by atoms with Crippen LogP contribution in [0.2, 0.25) is 0 Å². The minimum atomic E-state index is -0.0540. The van der Waals surface area contributed by atoms with Gasteiger partial charge in [-0.15, -0.1) is 10.2 Å². The first-order chi connectivity index (χ1) is 10.3. The molecule has 22 heavy (non-hydrogen) atoms. The minimum Gasteiger partial charge on any atom is -0.382 e. The summed E-state index contributed by atoms with van der Waals surface area (Å²) in [5, 5.41) is 14.9. The molecule has 1 aromatic heterocycles. The highest BCUT2D eigenvalue weighted by atomic mass is 16.5. The van der Waals surface area contributed by atoms with Gasteiger partial charge in [-0.25, -0.2) is 4.99 Å². The lowest BCUT2D eigenvalue weighted by Gasteiger charge is -2.24. The molecule has 0 aliphatic carbocycles. The molecule has 0 spiro atoms. The Hall–Kier alpha value is -1.63. The molecule has 0 atom stereocenters. The van der Waals surface area contributed by atoms with Crippen LogP contribution < -0.4 is 10.6 Å². The minimum absolute atomic E-state index is 0.0540. The van der Waals surface area contributed by atoms with Gasteiger partial charge in [-0.05, 0) is 41.0 Å². The molecule has 7 heteroatoms. The molecule has 0 fully saturated rings. The molecule has 126 valence electrons. The lowest BCUT2D eigenvalue weighted by atomic mass is 10.1. The summed E-state index contributed by atoms with van der Waals surface area (Å²) >= 11 is 0. The number of aliphatic imine (C=N–C) groups is 1. The zero-order valence-corrected chi connectivity index (χ0v) is 14.7. The second-order valence-corrected chi connectivity index (χ2v) is 6.24. The molecular formula is C15H30N6O. The molecule has 0 bridgehead atoms. The Morgan fingerprint density at radius 3 is 2.59 bits per heavy atom. The van der Waals surface area contributed by atoms with Crippen LogP contribution in [0, 0.1) is 6.92 Å². The van der Waals surface area contributed by atoms with Crippen LogP contribution in [0.4, 0.5) is 0 Å². The van der Waals surface area contributed by atoms with Crippen molar-refractivity contribution in [2.45, 2.75) is 53.1 Å². The van der Waals surface area contributed by atoms with E-state index in [0.29, 0.717) is 6.54 Å². The summed E-state index contributed by atoms with van der Waals surface area (Å²) in [5.41, 5.74) is -0.0540. The largest absolute Gasteiger partial charge is 0.382 e. The van der Waals surface area contributed by atoms with Crippen LogP contribution in [0.15, 0.2) is 4.99 Å². The van der Waals surface area contributed by atoms with Gasteiger partial charge in [-0.2, -0.15) is 0 Å². The van der Waals surface area contributed by atoms with E-state index >= 15 is 0 Å². The van der Waals surface area contributed by atoms with Crippen molar-refractivity contribution in [3.8, 4) is 0 Å². The van der Waals surface area contributed by atoms with Crippen molar-refractivity contribution in [3.05, 3.63) is 11.6 Å². The molecule has 0 aliphatic heterocycles. The highest BCUT2D eigenvalue weighted by Crippen LogP contribution is 2.01. The molecule has 0 unspecified atom stereocenters. The van der Waals surface area contributed by atoms with Crippen LogP contribution in [0.3, 0.4) is 0 Å². The summed E-state index contributed by atoms with van der Waals surface area (Å²) < 4.78 is 7.29. The molecule has 0 aliphatic rings. The van der Waals surface area contributed by atoms with E-state index in [2.05, 4.69) is 46.6 Å². The molecule has 0 amide bonds. The topological polar surface area (TPSA) is 76.4 Å². The third-order valence-corrected chi connectivity index (χ3v) is 3.02. The third-order valence-electron chi connectivity index (χ3n) is 3.02.